The number of methoxy groups -OCH3 is 1. The lowest BCUT2D eigenvalue weighted by atomic mass is 10.0. The smallest absolute Gasteiger partial charge is 0.256 e. The van der Waals surface area contributed by atoms with Gasteiger partial charge in [0.15, 0.2) is 0 Å². The van der Waals surface area contributed by atoms with Gasteiger partial charge in [0.2, 0.25) is 0 Å². The standard InChI is InChI=1S/C19H15BrN2O2S/c1-24-15-8-7-12(9-14(15)20)17-21-18(23)16-13(10-25-19(16)22-17)11-5-3-2-4-6-11/h2-10,17,22H,1H3,(H,21,23)/t17-/m1/s1. The number of hydrogen-bond donors (Lipinski definition) is 2. The molecule has 1 atom stereocenters. The van der Waals surface area contributed by atoms with Crippen LogP contribution in [0, 0.1) is 0 Å². The molecule has 4 nitrogen and oxygen atoms in total. The number of amides is 1. The molecule has 4 rings (SSSR count). The van der Waals surface area contributed by atoms with Crippen LogP contribution < -0.4 is 15.4 Å². The summed E-state index contributed by atoms with van der Waals surface area (Å²) in [5.41, 5.74) is 3.67. The summed E-state index contributed by atoms with van der Waals surface area (Å²) in [5.74, 6) is 0.694. The van der Waals surface area contributed by atoms with Crippen LogP contribution in [0.3, 0.4) is 0 Å². The Morgan fingerprint density at radius 3 is 2.64 bits per heavy atom. The van der Waals surface area contributed by atoms with E-state index in [1.807, 2.05) is 53.9 Å². The quantitative estimate of drug-likeness (QED) is 0.630. The van der Waals surface area contributed by atoms with Crippen LogP contribution >= 0.6 is 27.3 Å². The molecule has 0 spiro atoms. The summed E-state index contributed by atoms with van der Waals surface area (Å²) in [7, 11) is 1.63. The number of ether oxygens (including phenoxy) is 1. The van der Waals surface area contributed by atoms with E-state index in [1.165, 1.54) is 0 Å². The number of benzene rings is 2. The van der Waals surface area contributed by atoms with Gasteiger partial charge in [0.25, 0.3) is 5.91 Å². The minimum absolute atomic E-state index is 0.0641. The summed E-state index contributed by atoms with van der Waals surface area (Å²) in [5, 5.41) is 9.38. The van der Waals surface area contributed by atoms with Gasteiger partial charge in [0.1, 0.15) is 16.9 Å². The van der Waals surface area contributed by atoms with Crippen LogP contribution in [0.25, 0.3) is 11.1 Å². The second-order valence-corrected chi connectivity index (χ2v) is 7.40. The Kier molecular flexibility index (Phi) is 4.23. The Morgan fingerprint density at radius 2 is 1.92 bits per heavy atom. The molecule has 1 amide bonds. The third-order valence-corrected chi connectivity index (χ3v) is 5.69. The third-order valence-electron chi connectivity index (χ3n) is 4.16. The van der Waals surface area contributed by atoms with Crippen molar-refractivity contribution in [1.82, 2.24) is 5.32 Å². The summed E-state index contributed by atoms with van der Waals surface area (Å²) >= 11 is 5.05. The maximum Gasteiger partial charge on any atom is 0.256 e. The molecule has 0 radical (unpaired) electrons. The SMILES string of the molecule is COc1ccc([C@@H]2NC(=O)c3c(-c4ccccc4)csc3N2)cc1Br. The lowest BCUT2D eigenvalue weighted by Gasteiger charge is -2.27. The summed E-state index contributed by atoms with van der Waals surface area (Å²) in [6, 6.07) is 15.7. The zero-order chi connectivity index (χ0) is 17.4. The van der Waals surface area contributed by atoms with Crippen LogP contribution in [0.2, 0.25) is 0 Å². The van der Waals surface area contributed by atoms with Gasteiger partial charge in [0.05, 0.1) is 17.1 Å². The van der Waals surface area contributed by atoms with Gasteiger partial charge in [-0.15, -0.1) is 11.3 Å². The van der Waals surface area contributed by atoms with E-state index in [1.54, 1.807) is 18.4 Å². The number of carbonyl (C=O) groups is 1. The average Bonchev–Trinajstić information content (AvgIpc) is 3.07. The molecule has 0 saturated heterocycles. The molecule has 126 valence electrons. The third kappa shape index (κ3) is 2.92. The fraction of sp³-hybridized carbons (Fsp3) is 0.105. The van der Waals surface area contributed by atoms with Gasteiger partial charge in [-0.3, -0.25) is 4.79 Å². The van der Waals surface area contributed by atoms with Crippen molar-refractivity contribution in [2.45, 2.75) is 6.17 Å². The van der Waals surface area contributed by atoms with E-state index >= 15 is 0 Å². The fourth-order valence-corrected chi connectivity index (χ4v) is 4.47. The maximum absolute atomic E-state index is 12.8. The zero-order valence-corrected chi connectivity index (χ0v) is 15.8. The van der Waals surface area contributed by atoms with Gasteiger partial charge in [-0.2, -0.15) is 0 Å². The lowest BCUT2D eigenvalue weighted by molar-refractivity contribution is 0.0937. The van der Waals surface area contributed by atoms with E-state index in [-0.39, 0.29) is 12.1 Å². The topological polar surface area (TPSA) is 50.4 Å². The van der Waals surface area contributed by atoms with Crippen LogP contribution in [0.1, 0.15) is 22.1 Å². The second-order valence-electron chi connectivity index (χ2n) is 5.66. The highest BCUT2D eigenvalue weighted by Gasteiger charge is 2.29. The molecule has 1 aliphatic rings. The summed E-state index contributed by atoms with van der Waals surface area (Å²) in [6.07, 6.45) is -0.274. The predicted octanol–water partition coefficient (Wildman–Crippen LogP) is 5.04. The number of halogens is 1. The molecule has 0 aliphatic carbocycles. The molecule has 2 N–H and O–H groups in total. The van der Waals surface area contributed by atoms with Crippen LogP contribution in [0.15, 0.2) is 58.4 Å². The molecular weight excluding hydrogens is 400 g/mol. The highest BCUT2D eigenvalue weighted by Crippen LogP contribution is 2.40. The molecule has 2 aromatic carbocycles. The van der Waals surface area contributed by atoms with Crippen molar-refractivity contribution in [3.05, 3.63) is 69.5 Å². The molecule has 0 unspecified atom stereocenters. The minimum Gasteiger partial charge on any atom is -0.496 e. The lowest BCUT2D eigenvalue weighted by Crippen LogP contribution is -2.37. The molecule has 1 aliphatic heterocycles. The number of carbonyl (C=O) groups excluding carboxylic acids is 1. The molecule has 6 heteroatoms. The number of nitrogens with one attached hydrogen (secondary N) is 2. The van der Waals surface area contributed by atoms with E-state index in [0.717, 1.165) is 31.9 Å². The van der Waals surface area contributed by atoms with Crippen LogP contribution in [0.4, 0.5) is 5.00 Å². The van der Waals surface area contributed by atoms with Crippen LogP contribution in [-0.4, -0.2) is 13.0 Å². The molecule has 25 heavy (non-hydrogen) atoms. The molecule has 0 bridgehead atoms. The first-order valence-corrected chi connectivity index (χ1v) is 9.42. The van der Waals surface area contributed by atoms with Gasteiger partial charge < -0.3 is 15.4 Å². The number of hydrogen-bond acceptors (Lipinski definition) is 4. The number of thiophene rings is 1. The molecule has 0 saturated carbocycles. The number of rotatable bonds is 3. The van der Waals surface area contributed by atoms with Crippen LogP contribution in [-0.2, 0) is 0 Å². The molecular formula is C19H15BrN2O2S. The Hall–Kier alpha value is -2.31. The molecule has 3 aromatic rings. The van der Waals surface area contributed by atoms with Crippen molar-refractivity contribution in [1.29, 1.82) is 0 Å². The van der Waals surface area contributed by atoms with E-state index in [9.17, 15) is 4.79 Å². The first-order chi connectivity index (χ1) is 12.2. The van der Waals surface area contributed by atoms with E-state index in [0.29, 0.717) is 5.56 Å². The molecule has 2 heterocycles. The Bertz CT molecular complexity index is 940. The Balaban J connectivity index is 1.68. The summed E-state index contributed by atoms with van der Waals surface area (Å²) < 4.78 is 6.12. The summed E-state index contributed by atoms with van der Waals surface area (Å²) in [4.78, 5) is 12.8. The molecule has 0 fully saturated rings. The largest absolute Gasteiger partial charge is 0.496 e. The van der Waals surface area contributed by atoms with E-state index < -0.39 is 0 Å². The Labute approximate surface area is 158 Å². The highest BCUT2D eigenvalue weighted by atomic mass is 79.9. The van der Waals surface area contributed by atoms with Crippen molar-refractivity contribution in [3.63, 3.8) is 0 Å². The normalized spacial score (nSPS) is 15.9. The monoisotopic (exact) mass is 414 g/mol. The maximum atomic E-state index is 12.8. The number of fused-ring (bicyclic) bond motifs is 1. The first-order valence-electron chi connectivity index (χ1n) is 7.75. The number of anilines is 1. The predicted molar refractivity (Wildman–Crippen MR) is 104 cm³/mol. The zero-order valence-electron chi connectivity index (χ0n) is 13.4. The first kappa shape index (κ1) is 16.2. The molecule has 1 aromatic heterocycles. The van der Waals surface area contributed by atoms with Crippen molar-refractivity contribution < 1.29 is 9.53 Å². The van der Waals surface area contributed by atoms with Crippen molar-refractivity contribution in [3.8, 4) is 16.9 Å². The van der Waals surface area contributed by atoms with Gasteiger partial charge in [-0.25, -0.2) is 0 Å². The van der Waals surface area contributed by atoms with E-state index in [4.69, 9.17) is 4.74 Å². The van der Waals surface area contributed by atoms with Gasteiger partial charge in [-0.05, 0) is 39.2 Å². The Morgan fingerprint density at radius 1 is 1.12 bits per heavy atom. The van der Waals surface area contributed by atoms with Gasteiger partial charge in [0, 0.05) is 10.9 Å². The fourth-order valence-electron chi connectivity index (χ4n) is 2.92. The van der Waals surface area contributed by atoms with Gasteiger partial charge >= 0.3 is 0 Å². The van der Waals surface area contributed by atoms with Crippen LogP contribution in [0.5, 0.6) is 5.75 Å². The second kappa shape index (κ2) is 6.54. The van der Waals surface area contributed by atoms with E-state index in [2.05, 4.69) is 26.6 Å². The van der Waals surface area contributed by atoms with Crippen molar-refractivity contribution in [2.75, 3.05) is 12.4 Å². The van der Waals surface area contributed by atoms with Crippen molar-refractivity contribution >= 4 is 38.2 Å². The highest BCUT2D eigenvalue weighted by molar-refractivity contribution is 9.10. The summed E-state index contributed by atoms with van der Waals surface area (Å²) in [6.45, 7) is 0. The van der Waals surface area contributed by atoms with Gasteiger partial charge in [-0.1, -0.05) is 36.4 Å². The van der Waals surface area contributed by atoms with Crippen molar-refractivity contribution in [2.24, 2.45) is 0 Å². The minimum atomic E-state index is -0.274. The average molecular weight is 415 g/mol.